The van der Waals surface area contributed by atoms with Crippen molar-refractivity contribution in [1.29, 1.82) is 0 Å². The number of rotatable bonds is 1. The molecule has 4 aliphatic rings. The Bertz CT molecular complexity index is 339. The van der Waals surface area contributed by atoms with Gasteiger partial charge >= 0.3 is 0 Å². The molecule has 15 heavy (non-hydrogen) atoms. The van der Waals surface area contributed by atoms with Gasteiger partial charge in [0.1, 0.15) is 0 Å². The van der Waals surface area contributed by atoms with Crippen LogP contribution in [0.3, 0.4) is 0 Å². The van der Waals surface area contributed by atoms with Crippen molar-refractivity contribution in [1.82, 2.24) is 0 Å². The summed E-state index contributed by atoms with van der Waals surface area (Å²) in [7, 11) is 0. The predicted octanol–water partition coefficient (Wildman–Crippen LogP) is 5.14. The van der Waals surface area contributed by atoms with Crippen LogP contribution >= 0.6 is 44.3 Å². The standard InChI is InChI=1S/C10H14BrCl2OP/c11-9-2-7-1-8(3-9)5-10(4-7,6-9)15(12,13)14/h7-8H,1-6H2/t7-,8+,9?,10?. The molecule has 0 amide bonds. The lowest BCUT2D eigenvalue weighted by Gasteiger charge is -2.60. The molecule has 2 unspecified atom stereocenters. The molecule has 0 spiro atoms. The van der Waals surface area contributed by atoms with Gasteiger partial charge in [-0.25, -0.2) is 0 Å². The fourth-order valence-corrected chi connectivity index (χ4v) is 8.69. The Balaban J connectivity index is 2.03. The van der Waals surface area contributed by atoms with Crippen LogP contribution in [0.4, 0.5) is 0 Å². The maximum absolute atomic E-state index is 12.1. The predicted molar refractivity (Wildman–Crippen MR) is 68.4 cm³/mol. The van der Waals surface area contributed by atoms with Gasteiger partial charge in [-0.05, 0) is 72.8 Å². The van der Waals surface area contributed by atoms with Gasteiger partial charge in [0.2, 0.25) is 0 Å². The third kappa shape index (κ3) is 1.66. The van der Waals surface area contributed by atoms with Crippen molar-refractivity contribution in [3.05, 3.63) is 0 Å². The lowest BCUT2D eigenvalue weighted by molar-refractivity contribution is 0.0568. The summed E-state index contributed by atoms with van der Waals surface area (Å²) in [4.78, 5) is 0. The summed E-state index contributed by atoms with van der Waals surface area (Å²) < 4.78 is 12.3. The molecule has 0 aromatic rings. The average molecular weight is 332 g/mol. The zero-order valence-corrected chi connectivity index (χ0v) is 12.4. The quantitative estimate of drug-likeness (QED) is 0.480. The van der Waals surface area contributed by atoms with E-state index in [1.165, 1.54) is 19.3 Å². The van der Waals surface area contributed by atoms with Crippen molar-refractivity contribution in [2.75, 3.05) is 0 Å². The van der Waals surface area contributed by atoms with E-state index in [1.807, 2.05) is 0 Å². The smallest absolute Gasteiger partial charge is 0.259 e. The van der Waals surface area contributed by atoms with Gasteiger partial charge in [0.25, 0.3) is 5.85 Å². The molecule has 0 aromatic carbocycles. The third-order valence-corrected chi connectivity index (χ3v) is 9.22. The summed E-state index contributed by atoms with van der Waals surface area (Å²) >= 11 is 15.9. The van der Waals surface area contributed by atoms with E-state index in [0.29, 0.717) is 11.8 Å². The molecule has 1 nitrogen and oxygen atoms in total. The number of hydrogen-bond acceptors (Lipinski definition) is 1. The van der Waals surface area contributed by atoms with Gasteiger partial charge < -0.3 is 0 Å². The number of hydrogen-bond donors (Lipinski definition) is 0. The van der Waals surface area contributed by atoms with E-state index >= 15 is 0 Å². The van der Waals surface area contributed by atoms with Crippen LogP contribution in [-0.2, 0) is 4.57 Å². The van der Waals surface area contributed by atoms with Crippen molar-refractivity contribution in [2.24, 2.45) is 11.8 Å². The van der Waals surface area contributed by atoms with Gasteiger partial charge in [-0.15, -0.1) is 0 Å². The molecular weight excluding hydrogens is 318 g/mol. The summed E-state index contributed by atoms with van der Waals surface area (Å²) in [6.07, 6.45) is 6.63. The molecule has 4 atom stereocenters. The highest BCUT2D eigenvalue weighted by Crippen LogP contribution is 2.79. The molecule has 5 heteroatoms. The Hall–Kier alpha value is 1.29. The second kappa shape index (κ2) is 3.19. The lowest BCUT2D eigenvalue weighted by Crippen LogP contribution is -2.55. The van der Waals surface area contributed by atoms with Crippen LogP contribution < -0.4 is 0 Å². The normalized spacial score (nSPS) is 53.5. The minimum absolute atomic E-state index is 0.191. The van der Waals surface area contributed by atoms with Crippen molar-refractivity contribution in [2.45, 2.75) is 48.0 Å². The van der Waals surface area contributed by atoms with E-state index < -0.39 is 5.85 Å². The molecule has 0 aromatic heterocycles. The maximum atomic E-state index is 12.1. The van der Waals surface area contributed by atoms with Crippen LogP contribution in [0, 0.1) is 11.8 Å². The Morgan fingerprint density at radius 2 is 1.67 bits per heavy atom. The highest BCUT2D eigenvalue weighted by molar-refractivity contribution is 9.10. The maximum Gasteiger partial charge on any atom is 0.259 e. The summed E-state index contributed by atoms with van der Waals surface area (Å²) in [5.41, 5.74) is 0. The summed E-state index contributed by atoms with van der Waals surface area (Å²) in [5, 5.41) is -0.260. The largest absolute Gasteiger partial charge is 0.289 e. The van der Waals surface area contributed by atoms with E-state index in [1.54, 1.807) is 0 Å². The highest BCUT2D eigenvalue weighted by Gasteiger charge is 2.62. The third-order valence-electron chi connectivity index (χ3n) is 4.51. The molecule has 0 heterocycles. The molecule has 0 radical (unpaired) electrons. The van der Waals surface area contributed by atoms with Gasteiger partial charge in [-0.2, -0.15) is 0 Å². The topological polar surface area (TPSA) is 17.1 Å². The summed E-state index contributed by atoms with van der Waals surface area (Å²) in [5.74, 6) is -1.61. The second-order valence-electron chi connectivity index (χ2n) is 5.80. The van der Waals surface area contributed by atoms with E-state index in [9.17, 15) is 4.57 Å². The molecular formula is C10H14BrCl2OP. The van der Waals surface area contributed by atoms with E-state index in [2.05, 4.69) is 15.9 Å². The first kappa shape index (κ1) is 11.4. The van der Waals surface area contributed by atoms with Crippen molar-refractivity contribution in [3.63, 3.8) is 0 Å². The van der Waals surface area contributed by atoms with E-state index in [4.69, 9.17) is 22.5 Å². The fourth-order valence-electron chi connectivity index (χ4n) is 4.41. The molecule has 4 fully saturated rings. The van der Waals surface area contributed by atoms with Gasteiger partial charge in [0, 0.05) is 4.32 Å². The lowest BCUT2D eigenvalue weighted by atomic mass is 9.56. The van der Waals surface area contributed by atoms with Gasteiger partial charge in [-0.3, -0.25) is 4.57 Å². The average Bonchev–Trinajstić information content (AvgIpc) is 1.95. The second-order valence-corrected chi connectivity index (χ2v) is 12.7. The zero-order chi connectivity index (χ0) is 10.9. The van der Waals surface area contributed by atoms with Crippen LogP contribution in [0.1, 0.15) is 38.5 Å². The molecule has 4 saturated carbocycles. The van der Waals surface area contributed by atoms with Gasteiger partial charge in [0.15, 0.2) is 0 Å². The van der Waals surface area contributed by atoms with Gasteiger partial charge in [-0.1, -0.05) is 15.9 Å². The Kier molecular flexibility index (Phi) is 2.42. The zero-order valence-electron chi connectivity index (χ0n) is 8.39. The molecule has 4 aliphatic carbocycles. The first-order valence-electron chi connectivity index (χ1n) is 5.50. The van der Waals surface area contributed by atoms with Crippen molar-refractivity contribution < 1.29 is 4.57 Å². The minimum atomic E-state index is -2.99. The fraction of sp³-hybridized carbons (Fsp3) is 1.00. The summed E-state index contributed by atoms with van der Waals surface area (Å²) in [6, 6.07) is 0. The van der Waals surface area contributed by atoms with Crippen molar-refractivity contribution >= 4 is 44.3 Å². The Morgan fingerprint density at radius 1 is 1.13 bits per heavy atom. The molecule has 4 bridgehead atoms. The molecule has 0 N–H and O–H groups in total. The highest BCUT2D eigenvalue weighted by atomic mass is 79.9. The Morgan fingerprint density at radius 3 is 2.07 bits per heavy atom. The molecule has 86 valence electrons. The molecule has 0 saturated heterocycles. The number of halogens is 3. The summed E-state index contributed by atoms with van der Waals surface area (Å²) in [6.45, 7) is 0. The number of alkyl halides is 1. The first-order chi connectivity index (χ1) is 6.82. The van der Waals surface area contributed by atoms with Crippen LogP contribution in [0.25, 0.3) is 0 Å². The van der Waals surface area contributed by atoms with Crippen molar-refractivity contribution in [3.8, 4) is 0 Å². The minimum Gasteiger partial charge on any atom is -0.289 e. The molecule has 4 rings (SSSR count). The van der Waals surface area contributed by atoms with Crippen LogP contribution in [0.5, 0.6) is 0 Å². The SMILES string of the molecule is O=P(Cl)(Cl)C12C[C@@H]3C[C@@H](CC(Br)(C3)C1)C2. The van der Waals surface area contributed by atoms with Gasteiger partial charge in [0.05, 0.1) is 5.16 Å². The first-order valence-corrected chi connectivity index (χ1v) is 9.81. The van der Waals surface area contributed by atoms with Crippen LogP contribution in [-0.4, -0.2) is 9.48 Å². The van der Waals surface area contributed by atoms with E-state index in [-0.39, 0.29) is 9.48 Å². The Labute approximate surface area is 108 Å². The molecule has 0 aliphatic heterocycles. The van der Waals surface area contributed by atoms with E-state index in [0.717, 1.165) is 19.3 Å². The van der Waals surface area contributed by atoms with Crippen LogP contribution in [0.15, 0.2) is 0 Å². The van der Waals surface area contributed by atoms with Crippen LogP contribution in [0.2, 0.25) is 0 Å². The monoisotopic (exact) mass is 330 g/mol.